The van der Waals surface area contributed by atoms with E-state index in [2.05, 4.69) is 4.90 Å². The van der Waals surface area contributed by atoms with Gasteiger partial charge >= 0.3 is 0 Å². The first kappa shape index (κ1) is 20.8. The lowest BCUT2D eigenvalue weighted by atomic mass is 10.1. The predicted octanol–water partition coefficient (Wildman–Crippen LogP) is 3.07. The third-order valence-corrected chi connectivity index (χ3v) is 7.35. The lowest BCUT2D eigenvalue weighted by Gasteiger charge is -2.29. The molecular weight excluding hydrogens is 424 g/mol. The summed E-state index contributed by atoms with van der Waals surface area (Å²) in [4.78, 5) is 17.8. The Morgan fingerprint density at radius 2 is 1.75 bits per heavy atom. The molecule has 5 rings (SSSR count). The Hall–Kier alpha value is -3.13. The minimum Gasteiger partial charge on any atom is -0.371 e. The van der Waals surface area contributed by atoms with Gasteiger partial charge in [-0.05, 0) is 43.2 Å². The van der Waals surface area contributed by atoms with Crippen LogP contribution in [0.4, 0.5) is 5.69 Å². The number of anilines is 1. The van der Waals surface area contributed by atoms with Crippen molar-refractivity contribution in [3.8, 4) is 5.69 Å². The summed E-state index contributed by atoms with van der Waals surface area (Å²) < 4.78 is 26.2. The summed E-state index contributed by atoms with van der Waals surface area (Å²) in [6.45, 7) is 2.78. The maximum Gasteiger partial charge on any atom is 0.256 e. The molecule has 3 aromatic rings. The van der Waals surface area contributed by atoms with E-state index in [-0.39, 0.29) is 10.8 Å². The van der Waals surface area contributed by atoms with Crippen molar-refractivity contribution in [3.63, 3.8) is 0 Å². The Morgan fingerprint density at radius 3 is 2.47 bits per heavy atom. The van der Waals surface area contributed by atoms with Gasteiger partial charge in [0.1, 0.15) is 0 Å². The van der Waals surface area contributed by atoms with Gasteiger partial charge in [0.25, 0.3) is 5.91 Å². The Balaban J connectivity index is 1.46. The average Bonchev–Trinajstić information content (AvgIpc) is 3.48. The van der Waals surface area contributed by atoms with Crippen molar-refractivity contribution in [2.24, 2.45) is 0 Å². The fourth-order valence-electron chi connectivity index (χ4n) is 4.52. The van der Waals surface area contributed by atoms with Gasteiger partial charge in [-0.25, -0.2) is 13.1 Å². The molecule has 0 saturated carbocycles. The standard InChI is InChI=1S/C24H26N4O3S/c1-32(30,31)20-9-10-23(26-12-5-6-13-26)21(15-20)24(29)27-14-11-22-18(16-27)17-28(25-22)19-7-3-2-4-8-19/h2-4,7-10,15,17H,5-6,11-14,16H2,1H3. The molecule has 0 atom stereocenters. The number of rotatable bonds is 4. The van der Waals surface area contributed by atoms with Crippen molar-refractivity contribution in [2.45, 2.75) is 30.7 Å². The fourth-order valence-corrected chi connectivity index (χ4v) is 5.17. The zero-order chi connectivity index (χ0) is 22.3. The van der Waals surface area contributed by atoms with Crippen molar-refractivity contribution < 1.29 is 13.2 Å². The molecule has 0 N–H and O–H groups in total. The molecule has 2 aliphatic heterocycles. The van der Waals surface area contributed by atoms with Crippen LogP contribution in [0.15, 0.2) is 59.6 Å². The normalized spacial score (nSPS) is 16.3. The number of aromatic nitrogens is 2. The van der Waals surface area contributed by atoms with Crippen LogP contribution in [0.5, 0.6) is 0 Å². The van der Waals surface area contributed by atoms with E-state index in [1.54, 1.807) is 23.1 Å². The van der Waals surface area contributed by atoms with Crippen LogP contribution in [0.1, 0.15) is 34.5 Å². The van der Waals surface area contributed by atoms with Crippen LogP contribution in [-0.4, -0.2) is 54.9 Å². The molecule has 1 fully saturated rings. The van der Waals surface area contributed by atoms with Crippen LogP contribution in [0.3, 0.4) is 0 Å². The van der Waals surface area contributed by atoms with Gasteiger partial charge in [0.05, 0.1) is 21.8 Å². The molecule has 2 aromatic carbocycles. The van der Waals surface area contributed by atoms with Gasteiger partial charge in [0, 0.05) is 56.3 Å². The molecule has 3 heterocycles. The third-order valence-electron chi connectivity index (χ3n) is 6.24. The fraction of sp³-hybridized carbons (Fsp3) is 0.333. The van der Waals surface area contributed by atoms with Crippen LogP contribution in [0.25, 0.3) is 5.69 Å². The Morgan fingerprint density at radius 1 is 1.00 bits per heavy atom. The highest BCUT2D eigenvalue weighted by Crippen LogP contribution is 2.30. The molecule has 2 aliphatic rings. The number of fused-ring (bicyclic) bond motifs is 1. The molecule has 166 valence electrons. The summed E-state index contributed by atoms with van der Waals surface area (Å²) in [6, 6.07) is 14.9. The highest BCUT2D eigenvalue weighted by molar-refractivity contribution is 7.90. The minimum atomic E-state index is -3.41. The molecule has 1 aromatic heterocycles. The summed E-state index contributed by atoms with van der Waals surface area (Å²) >= 11 is 0. The number of amides is 1. The van der Waals surface area contributed by atoms with Crippen molar-refractivity contribution >= 4 is 21.4 Å². The Bertz CT molecular complexity index is 1260. The lowest BCUT2D eigenvalue weighted by Crippen LogP contribution is -2.36. The van der Waals surface area contributed by atoms with Gasteiger partial charge in [-0.1, -0.05) is 18.2 Å². The zero-order valence-electron chi connectivity index (χ0n) is 18.1. The molecule has 1 amide bonds. The zero-order valence-corrected chi connectivity index (χ0v) is 18.9. The summed E-state index contributed by atoms with van der Waals surface area (Å²) in [5.41, 5.74) is 4.30. The van der Waals surface area contributed by atoms with Crippen LogP contribution in [0, 0.1) is 0 Å². The van der Waals surface area contributed by atoms with Gasteiger partial charge in [0.2, 0.25) is 0 Å². The quantitative estimate of drug-likeness (QED) is 0.611. The molecule has 32 heavy (non-hydrogen) atoms. The van der Waals surface area contributed by atoms with E-state index in [1.165, 1.54) is 6.26 Å². The van der Waals surface area contributed by atoms with Crippen LogP contribution < -0.4 is 4.90 Å². The van der Waals surface area contributed by atoms with Crippen molar-refractivity contribution in [2.75, 3.05) is 30.8 Å². The van der Waals surface area contributed by atoms with Crippen molar-refractivity contribution in [1.82, 2.24) is 14.7 Å². The molecule has 8 heteroatoms. The number of hydrogen-bond donors (Lipinski definition) is 0. The predicted molar refractivity (Wildman–Crippen MR) is 123 cm³/mol. The maximum absolute atomic E-state index is 13.6. The Labute approximate surface area is 188 Å². The third kappa shape index (κ3) is 3.90. The number of sulfone groups is 1. The molecule has 0 radical (unpaired) electrons. The molecule has 1 saturated heterocycles. The van der Waals surface area contributed by atoms with Crippen LogP contribution >= 0.6 is 0 Å². The van der Waals surface area contributed by atoms with Crippen LogP contribution in [-0.2, 0) is 22.8 Å². The molecule has 0 bridgehead atoms. The van der Waals surface area contributed by atoms with E-state index in [0.717, 1.165) is 48.6 Å². The first-order valence-corrected chi connectivity index (χ1v) is 12.8. The van der Waals surface area contributed by atoms with Crippen LogP contribution in [0.2, 0.25) is 0 Å². The van der Waals surface area contributed by atoms with E-state index >= 15 is 0 Å². The largest absolute Gasteiger partial charge is 0.371 e. The monoisotopic (exact) mass is 450 g/mol. The number of carbonyl (C=O) groups excluding carboxylic acids is 1. The summed E-state index contributed by atoms with van der Waals surface area (Å²) in [5.74, 6) is -0.129. The number of para-hydroxylation sites is 1. The van der Waals surface area contributed by atoms with Gasteiger partial charge in [-0.2, -0.15) is 5.10 Å². The van der Waals surface area contributed by atoms with Crippen molar-refractivity contribution in [3.05, 3.63) is 71.5 Å². The van der Waals surface area contributed by atoms with E-state index in [9.17, 15) is 13.2 Å². The molecule has 0 unspecified atom stereocenters. The highest BCUT2D eigenvalue weighted by atomic mass is 32.2. The highest BCUT2D eigenvalue weighted by Gasteiger charge is 2.28. The van der Waals surface area contributed by atoms with Gasteiger partial charge in [-0.15, -0.1) is 0 Å². The van der Waals surface area contributed by atoms with E-state index in [4.69, 9.17) is 5.10 Å². The van der Waals surface area contributed by atoms with Crippen molar-refractivity contribution in [1.29, 1.82) is 0 Å². The molecule has 0 aliphatic carbocycles. The number of benzene rings is 2. The first-order valence-electron chi connectivity index (χ1n) is 10.9. The van der Waals surface area contributed by atoms with Gasteiger partial charge in [-0.3, -0.25) is 4.79 Å². The second kappa shape index (κ2) is 8.09. The SMILES string of the molecule is CS(=O)(=O)c1ccc(N2CCCC2)c(C(=O)N2CCc3nn(-c4ccccc4)cc3C2)c1. The average molecular weight is 451 g/mol. The minimum absolute atomic E-state index is 0.129. The lowest BCUT2D eigenvalue weighted by molar-refractivity contribution is 0.0734. The van der Waals surface area contributed by atoms with E-state index in [1.807, 2.05) is 41.2 Å². The summed E-state index contributed by atoms with van der Waals surface area (Å²) in [5, 5.41) is 4.71. The van der Waals surface area contributed by atoms with Gasteiger partial charge < -0.3 is 9.80 Å². The summed E-state index contributed by atoms with van der Waals surface area (Å²) in [6.07, 6.45) is 5.99. The van der Waals surface area contributed by atoms with E-state index < -0.39 is 9.84 Å². The number of nitrogens with zero attached hydrogens (tertiary/aromatic N) is 4. The number of carbonyl (C=O) groups is 1. The molecular formula is C24H26N4O3S. The van der Waals surface area contributed by atoms with E-state index in [0.29, 0.717) is 25.1 Å². The molecule has 7 nitrogen and oxygen atoms in total. The Kier molecular flexibility index (Phi) is 5.25. The maximum atomic E-state index is 13.6. The number of hydrogen-bond acceptors (Lipinski definition) is 5. The smallest absolute Gasteiger partial charge is 0.256 e. The second-order valence-corrected chi connectivity index (χ2v) is 10.5. The summed E-state index contributed by atoms with van der Waals surface area (Å²) in [7, 11) is -3.41. The van der Waals surface area contributed by atoms with Gasteiger partial charge in [0.15, 0.2) is 9.84 Å². The molecule has 0 spiro atoms. The second-order valence-electron chi connectivity index (χ2n) is 8.50. The topological polar surface area (TPSA) is 75.5 Å². The first-order chi connectivity index (χ1) is 15.4.